The Balaban J connectivity index is 2.59. The molecule has 1 heterocycles. The highest BCUT2D eigenvalue weighted by Gasteiger charge is 2.15. The normalized spacial score (nSPS) is 10.3. The van der Waals surface area contributed by atoms with Gasteiger partial charge in [-0.1, -0.05) is 0 Å². The SMILES string of the molecule is COC(=O)c1nc(C)cc(-c2cc(F)ccc2F)n1. The maximum Gasteiger partial charge on any atom is 0.376 e. The summed E-state index contributed by atoms with van der Waals surface area (Å²) in [5.74, 6) is -2.15. The number of ether oxygens (including phenoxy) is 1. The molecule has 0 saturated heterocycles. The molecule has 1 aromatic carbocycles. The first-order chi connectivity index (χ1) is 9.01. The van der Waals surface area contributed by atoms with Crippen molar-refractivity contribution in [1.29, 1.82) is 0 Å². The zero-order valence-electron chi connectivity index (χ0n) is 10.3. The van der Waals surface area contributed by atoms with Crippen molar-refractivity contribution in [1.82, 2.24) is 9.97 Å². The molecule has 0 saturated carbocycles. The first-order valence-electron chi connectivity index (χ1n) is 5.40. The van der Waals surface area contributed by atoms with E-state index >= 15 is 0 Å². The zero-order chi connectivity index (χ0) is 14.0. The first-order valence-corrected chi connectivity index (χ1v) is 5.40. The zero-order valence-corrected chi connectivity index (χ0v) is 10.3. The van der Waals surface area contributed by atoms with Crippen LogP contribution in [0.4, 0.5) is 8.78 Å². The van der Waals surface area contributed by atoms with Crippen LogP contribution in [0.5, 0.6) is 0 Å². The molecule has 2 aromatic rings. The third kappa shape index (κ3) is 2.73. The number of aryl methyl sites for hydroxylation is 1. The van der Waals surface area contributed by atoms with Gasteiger partial charge in [0.2, 0.25) is 5.82 Å². The van der Waals surface area contributed by atoms with Crippen LogP contribution >= 0.6 is 0 Å². The number of nitrogens with zero attached hydrogens (tertiary/aromatic N) is 2. The van der Waals surface area contributed by atoms with E-state index in [-0.39, 0.29) is 17.1 Å². The Labute approximate surface area is 108 Å². The van der Waals surface area contributed by atoms with Crippen LogP contribution in [0.15, 0.2) is 24.3 Å². The van der Waals surface area contributed by atoms with Gasteiger partial charge in [-0.3, -0.25) is 0 Å². The minimum atomic E-state index is -0.734. The molecule has 0 amide bonds. The van der Waals surface area contributed by atoms with Gasteiger partial charge >= 0.3 is 5.97 Å². The van der Waals surface area contributed by atoms with Crippen LogP contribution in [0.1, 0.15) is 16.3 Å². The molecular formula is C13H10F2N2O2. The molecule has 0 fully saturated rings. The number of benzene rings is 1. The van der Waals surface area contributed by atoms with Gasteiger partial charge in [-0.15, -0.1) is 0 Å². The van der Waals surface area contributed by atoms with Gasteiger partial charge in [0.15, 0.2) is 0 Å². The van der Waals surface area contributed by atoms with Crippen molar-refractivity contribution >= 4 is 5.97 Å². The van der Waals surface area contributed by atoms with Gasteiger partial charge in [-0.2, -0.15) is 0 Å². The van der Waals surface area contributed by atoms with E-state index in [1.54, 1.807) is 6.92 Å². The van der Waals surface area contributed by atoms with Crippen LogP contribution in [0.3, 0.4) is 0 Å². The van der Waals surface area contributed by atoms with E-state index < -0.39 is 17.6 Å². The number of hydrogen-bond acceptors (Lipinski definition) is 4. The lowest BCUT2D eigenvalue weighted by Crippen LogP contribution is -2.09. The van der Waals surface area contributed by atoms with Crippen molar-refractivity contribution in [3.63, 3.8) is 0 Å². The average Bonchev–Trinajstić information content (AvgIpc) is 2.39. The summed E-state index contributed by atoms with van der Waals surface area (Å²) in [6.07, 6.45) is 0. The molecule has 0 bridgehead atoms. The quantitative estimate of drug-likeness (QED) is 0.782. The Morgan fingerprint density at radius 1 is 1.21 bits per heavy atom. The lowest BCUT2D eigenvalue weighted by atomic mass is 10.1. The fraction of sp³-hybridized carbons (Fsp3) is 0.154. The van der Waals surface area contributed by atoms with Crippen LogP contribution in [0.2, 0.25) is 0 Å². The van der Waals surface area contributed by atoms with Crippen molar-refractivity contribution < 1.29 is 18.3 Å². The predicted molar refractivity (Wildman–Crippen MR) is 63.5 cm³/mol. The molecular weight excluding hydrogens is 254 g/mol. The number of esters is 1. The number of carbonyl (C=O) groups is 1. The van der Waals surface area contributed by atoms with Gasteiger partial charge in [-0.25, -0.2) is 23.5 Å². The van der Waals surface area contributed by atoms with Gasteiger partial charge < -0.3 is 4.74 Å². The second kappa shape index (κ2) is 5.09. The molecule has 2 rings (SSSR count). The molecule has 19 heavy (non-hydrogen) atoms. The Kier molecular flexibility index (Phi) is 3.50. The van der Waals surface area contributed by atoms with E-state index in [0.717, 1.165) is 18.2 Å². The minimum absolute atomic E-state index is 0.0318. The molecule has 0 aliphatic carbocycles. The minimum Gasteiger partial charge on any atom is -0.463 e. The van der Waals surface area contributed by atoms with Crippen LogP contribution in [-0.2, 0) is 4.74 Å². The number of carbonyl (C=O) groups excluding carboxylic acids is 1. The smallest absolute Gasteiger partial charge is 0.376 e. The van der Waals surface area contributed by atoms with Crippen molar-refractivity contribution in [2.24, 2.45) is 0 Å². The number of hydrogen-bond donors (Lipinski definition) is 0. The summed E-state index contributed by atoms with van der Waals surface area (Å²) in [6.45, 7) is 1.62. The highest BCUT2D eigenvalue weighted by atomic mass is 19.1. The Morgan fingerprint density at radius 2 is 1.95 bits per heavy atom. The summed E-state index contributed by atoms with van der Waals surface area (Å²) in [4.78, 5) is 19.2. The maximum atomic E-state index is 13.7. The van der Waals surface area contributed by atoms with Crippen LogP contribution in [0, 0.1) is 18.6 Å². The molecule has 0 N–H and O–H groups in total. The number of halogens is 2. The molecule has 6 heteroatoms. The molecule has 0 atom stereocenters. The summed E-state index contributed by atoms with van der Waals surface area (Å²) >= 11 is 0. The topological polar surface area (TPSA) is 52.1 Å². The summed E-state index contributed by atoms with van der Waals surface area (Å²) < 4.78 is 31.3. The molecule has 0 unspecified atom stereocenters. The van der Waals surface area contributed by atoms with Crippen molar-refractivity contribution in [2.75, 3.05) is 7.11 Å². The molecule has 0 aliphatic rings. The standard InChI is InChI=1S/C13H10F2N2O2/c1-7-5-11(17-12(16-7)13(18)19-2)9-6-8(14)3-4-10(9)15/h3-6H,1-2H3. The van der Waals surface area contributed by atoms with E-state index in [1.165, 1.54) is 13.2 Å². The Bertz CT molecular complexity index is 645. The second-order valence-corrected chi connectivity index (χ2v) is 3.83. The van der Waals surface area contributed by atoms with Crippen LogP contribution < -0.4 is 0 Å². The fourth-order valence-corrected chi connectivity index (χ4v) is 1.58. The summed E-state index contributed by atoms with van der Waals surface area (Å²) in [7, 11) is 1.19. The molecule has 0 aliphatic heterocycles. The highest BCUT2D eigenvalue weighted by molar-refractivity contribution is 5.85. The predicted octanol–water partition coefficient (Wildman–Crippen LogP) is 2.52. The van der Waals surface area contributed by atoms with E-state index in [0.29, 0.717) is 5.69 Å². The molecule has 0 spiro atoms. The number of methoxy groups -OCH3 is 1. The molecule has 1 aromatic heterocycles. The van der Waals surface area contributed by atoms with Crippen molar-refractivity contribution in [2.45, 2.75) is 6.92 Å². The van der Waals surface area contributed by atoms with Gasteiger partial charge in [0.25, 0.3) is 0 Å². The van der Waals surface area contributed by atoms with E-state index in [1.807, 2.05) is 0 Å². The Hall–Kier alpha value is -2.37. The van der Waals surface area contributed by atoms with E-state index in [2.05, 4.69) is 14.7 Å². The average molecular weight is 264 g/mol. The summed E-state index contributed by atoms with van der Waals surface area (Å²) in [6, 6.07) is 4.48. The van der Waals surface area contributed by atoms with E-state index in [9.17, 15) is 13.6 Å². The largest absolute Gasteiger partial charge is 0.463 e. The second-order valence-electron chi connectivity index (χ2n) is 3.83. The lowest BCUT2D eigenvalue weighted by molar-refractivity contribution is 0.0586. The monoisotopic (exact) mass is 264 g/mol. The molecule has 98 valence electrons. The van der Waals surface area contributed by atoms with Crippen LogP contribution in [-0.4, -0.2) is 23.0 Å². The fourth-order valence-electron chi connectivity index (χ4n) is 1.58. The lowest BCUT2D eigenvalue weighted by Gasteiger charge is -2.06. The first kappa shape index (κ1) is 13.1. The van der Waals surface area contributed by atoms with Crippen LogP contribution in [0.25, 0.3) is 11.3 Å². The third-order valence-corrected chi connectivity index (χ3v) is 2.43. The summed E-state index contributed by atoms with van der Waals surface area (Å²) in [5.41, 5.74) is 0.551. The summed E-state index contributed by atoms with van der Waals surface area (Å²) in [5, 5.41) is 0. The highest BCUT2D eigenvalue weighted by Crippen LogP contribution is 2.22. The maximum absolute atomic E-state index is 13.7. The van der Waals surface area contributed by atoms with Gasteiger partial charge in [-0.05, 0) is 31.2 Å². The molecule has 4 nitrogen and oxygen atoms in total. The van der Waals surface area contributed by atoms with Crippen molar-refractivity contribution in [3.8, 4) is 11.3 Å². The number of rotatable bonds is 2. The van der Waals surface area contributed by atoms with Gasteiger partial charge in [0, 0.05) is 11.3 Å². The van der Waals surface area contributed by atoms with Gasteiger partial charge in [0.05, 0.1) is 12.8 Å². The molecule has 0 radical (unpaired) electrons. The van der Waals surface area contributed by atoms with E-state index in [4.69, 9.17) is 0 Å². The third-order valence-electron chi connectivity index (χ3n) is 2.43. The number of aromatic nitrogens is 2. The van der Waals surface area contributed by atoms with Crippen molar-refractivity contribution in [3.05, 3.63) is 47.4 Å². The Morgan fingerprint density at radius 3 is 2.63 bits per heavy atom. The van der Waals surface area contributed by atoms with Gasteiger partial charge in [0.1, 0.15) is 11.6 Å².